The van der Waals surface area contributed by atoms with E-state index in [4.69, 9.17) is 14.2 Å². The monoisotopic (exact) mass is 479 g/mol. The molecule has 8 heteroatoms. The first-order chi connectivity index (χ1) is 17.1. The number of carbonyl (C=O) groups is 1. The summed E-state index contributed by atoms with van der Waals surface area (Å²) in [5.74, 6) is 1.96. The summed E-state index contributed by atoms with van der Waals surface area (Å²) >= 11 is 0. The van der Waals surface area contributed by atoms with Crippen LogP contribution in [-0.2, 0) is 4.79 Å². The number of hydrogen-bond acceptors (Lipinski definition) is 7. The molecular weight excluding hydrogens is 446 g/mol. The molecule has 0 radical (unpaired) electrons. The highest BCUT2D eigenvalue weighted by Crippen LogP contribution is 2.37. The number of rotatable bonds is 6. The van der Waals surface area contributed by atoms with E-state index < -0.39 is 6.10 Å². The minimum atomic E-state index is -0.982. The van der Waals surface area contributed by atoms with Crippen molar-refractivity contribution in [3.8, 4) is 17.2 Å². The molecule has 1 N–H and O–H groups in total. The third-order valence-electron chi connectivity index (χ3n) is 6.87. The van der Waals surface area contributed by atoms with Crippen molar-refractivity contribution in [2.24, 2.45) is 0 Å². The predicted octanol–water partition coefficient (Wildman–Crippen LogP) is 2.87. The fourth-order valence-corrected chi connectivity index (χ4v) is 4.94. The Hall–Kier alpha value is -3.23. The zero-order valence-electron chi connectivity index (χ0n) is 20.2. The summed E-state index contributed by atoms with van der Waals surface area (Å²) < 4.78 is 17.6. The number of piperidine rings is 1. The average molecular weight is 480 g/mol. The highest BCUT2D eigenvalue weighted by molar-refractivity contribution is 5.93. The summed E-state index contributed by atoms with van der Waals surface area (Å²) in [4.78, 5) is 19.6. The fraction of sp³-hybridized carbons (Fsp3) is 0.444. The lowest BCUT2D eigenvalue weighted by atomic mass is 10.1. The number of methoxy groups -OCH3 is 1. The van der Waals surface area contributed by atoms with Crippen LogP contribution in [0.25, 0.3) is 0 Å². The van der Waals surface area contributed by atoms with Crippen molar-refractivity contribution >= 4 is 11.6 Å². The van der Waals surface area contributed by atoms with Gasteiger partial charge >= 0.3 is 0 Å². The van der Waals surface area contributed by atoms with Crippen molar-refractivity contribution in [2.45, 2.75) is 25.4 Å². The average Bonchev–Trinajstić information content (AvgIpc) is 2.92. The molecule has 3 aliphatic heterocycles. The number of aliphatic hydroxyl groups excluding tert-OH is 1. The number of β-amino-alcohol motifs (C(OH)–C–C–N with tert-alkyl or cyclic N) is 1. The first-order valence-corrected chi connectivity index (χ1v) is 12.4. The van der Waals surface area contributed by atoms with Gasteiger partial charge in [0.1, 0.15) is 11.9 Å². The van der Waals surface area contributed by atoms with Crippen LogP contribution in [0.2, 0.25) is 0 Å². The lowest BCUT2D eigenvalue weighted by Gasteiger charge is -2.38. The van der Waals surface area contributed by atoms with Crippen molar-refractivity contribution in [1.29, 1.82) is 0 Å². The molecular formula is C27H33N3O5. The number of amides is 1. The first kappa shape index (κ1) is 23.5. The van der Waals surface area contributed by atoms with Gasteiger partial charge in [0.15, 0.2) is 17.3 Å². The molecule has 0 spiro atoms. The first-order valence-electron chi connectivity index (χ1n) is 12.4. The zero-order valence-corrected chi connectivity index (χ0v) is 20.2. The van der Waals surface area contributed by atoms with E-state index >= 15 is 0 Å². The van der Waals surface area contributed by atoms with Crippen molar-refractivity contribution in [3.63, 3.8) is 0 Å². The third kappa shape index (κ3) is 5.09. The molecule has 3 heterocycles. The van der Waals surface area contributed by atoms with E-state index in [1.165, 1.54) is 0 Å². The van der Waals surface area contributed by atoms with E-state index in [2.05, 4.69) is 15.9 Å². The minimum Gasteiger partial charge on any atom is -0.495 e. The fourth-order valence-electron chi connectivity index (χ4n) is 4.94. The molecule has 3 aliphatic rings. The summed E-state index contributed by atoms with van der Waals surface area (Å²) in [5.41, 5.74) is 1.08. The van der Waals surface area contributed by atoms with Gasteiger partial charge in [-0.15, -0.1) is 0 Å². The van der Waals surface area contributed by atoms with Gasteiger partial charge in [-0.2, -0.15) is 0 Å². The number of hydrogen-bond donors (Lipinski definition) is 1. The highest BCUT2D eigenvalue weighted by atomic mass is 16.6. The molecule has 1 amide bonds. The lowest BCUT2D eigenvalue weighted by Crippen LogP contribution is -2.49. The quantitative estimate of drug-likeness (QED) is 0.683. The van der Waals surface area contributed by atoms with E-state index in [-0.39, 0.29) is 17.4 Å². The number of likely N-dealkylation sites (tertiary alicyclic amines) is 1. The summed E-state index contributed by atoms with van der Waals surface area (Å²) in [6.45, 7) is 4.92. The van der Waals surface area contributed by atoms with Crippen molar-refractivity contribution in [2.75, 3.05) is 57.8 Å². The maximum atomic E-state index is 13.4. The molecule has 1 unspecified atom stereocenters. The van der Waals surface area contributed by atoms with E-state index in [1.54, 1.807) is 24.1 Å². The van der Waals surface area contributed by atoms with Crippen LogP contribution in [-0.4, -0.2) is 79.8 Å². The molecule has 0 aliphatic carbocycles. The van der Waals surface area contributed by atoms with Crippen LogP contribution < -0.4 is 19.1 Å². The maximum absolute atomic E-state index is 13.4. The van der Waals surface area contributed by atoms with Crippen molar-refractivity contribution in [3.05, 3.63) is 60.0 Å². The van der Waals surface area contributed by atoms with Gasteiger partial charge in [0.2, 0.25) is 5.76 Å². The van der Waals surface area contributed by atoms with Crippen molar-refractivity contribution in [1.82, 2.24) is 9.80 Å². The van der Waals surface area contributed by atoms with Crippen LogP contribution in [0.4, 0.5) is 5.69 Å². The molecule has 5 rings (SSSR count). The number of carbonyl (C=O) groups excluding carboxylic acids is 1. The van der Waals surface area contributed by atoms with Gasteiger partial charge in [-0.3, -0.25) is 9.69 Å². The molecule has 2 saturated heterocycles. The Balaban J connectivity index is 1.29. The standard InChI is InChI=1S/C27H33N3O5/c1-33-22-10-4-3-9-20(22)29-17-15-28(16-18-29)19-21(31)25-26(27(32)30-13-7-2-8-14-30)35-24-12-6-5-11-23(24)34-25/h3-6,9-12,21,31H,2,7-8,13-19H2,1H3. The Labute approximate surface area is 206 Å². The lowest BCUT2D eigenvalue weighted by molar-refractivity contribution is -0.131. The van der Waals surface area contributed by atoms with Gasteiger partial charge < -0.3 is 29.1 Å². The normalized spacial score (nSPS) is 19.5. The summed E-state index contributed by atoms with van der Waals surface area (Å²) in [7, 11) is 1.69. The van der Waals surface area contributed by atoms with Gasteiger partial charge in [-0.25, -0.2) is 0 Å². The Kier molecular flexibility index (Phi) is 7.11. The Morgan fingerprint density at radius 1 is 0.914 bits per heavy atom. The summed E-state index contributed by atoms with van der Waals surface area (Å²) in [5, 5.41) is 11.2. The zero-order chi connectivity index (χ0) is 24.2. The minimum absolute atomic E-state index is 0.103. The van der Waals surface area contributed by atoms with E-state index in [9.17, 15) is 9.90 Å². The molecule has 186 valence electrons. The van der Waals surface area contributed by atoms with Gasteiger partial charge in [0.05, 0.1) is 12.8 Å². The van der Waals surface area contributed by atoms with E-state index in [0.717, 1.165) is 56.9 Å². The van der Waals surface area contributed by atoms with Gasteiger partial charge in [0, 0.05) is 45.8 Å². The Bertz CT molecular complexity index is 1070. The van der Waals surface area contributed by atoms with Crippen LogP contribution in [0.3, 0.4) is 0 Å². The molecule has 1 atom stereocenters. The number of fused-ring (bicyclic) bond motifs is 1. The molecule has 35 heavy (non-hydrogen) atoms. The van der Waals surface area contributed by atoms with Crippen LogP contribution in [0, 0.1) is 0 Å². The topological polar surface area (TPSA) is 74.7 Å². The molecule has 2 fully saturated rings. The second-order valence-corrected chi connectivity index (χ2v) is 9.17. The number of benzene rings is 2. The predicted molar refractivity (Wildman–Crippen MR) is 133 cm³/mol. The SMILES string of the molecule is COc1ccccc1N1CCN(CC(O)C2=C(C(=O)N3CCCCC3)Oc3ccccc3O2)CC1. The van der Waals surface area contributed by atoms with E-state index in [1.807, 2.05) is 30.3 Å². The molecule has 2 aromatic rings. The molecule has 0 bridgehead atoms. The summed E-state index contributed by atoms with van der Waals surface area (Å²) in [6.07, 6.45) is 2.10. The van der Waals surface area contributed by atoms with Crippen LogP contribution in [0.1, 0.15) is 19.3 Å². The number of nitrogens with zero attached hydrogens (tertiary/aromatic N) is 3. The third-order valence-corrected chi connectivity index (χ3v) is 6.87. The second kappa shape index (κ2) is 10.6. The largest absolute Gasteiger partial charge is 0.495 e. The van der Waals surface area contributed by atoms with Crippen molar-refractivity contribution < 1.29 is 24.1 Å². The Morgan fingerprint density at radius 3 is 2.29 bits per heavy atom. The summed E-state index contributed by atoms with van der Waals surface area (Å²) in [6, 6.07) is 15.3. The van der Waals surface area contributed by atoms with Crippen LogP contribution in [0.5, 0.6) is 17.2 Å². The van der Waals surface area contributed by atoms with Gasteiger partial charge in [0.25, 0.3) is 5.91 Å². The molecule has 0 aromatic heterocycles. The number of anilines is 1. The molecule has 8 nitrogen and oxygen atoms in total. The number of ether oxygens (including phenoxy) is 3. The van der Waals surface area contributed by atoms with Crippen LogP contribution >= 0.6 is 0 Å². The van der Waals surface area contributed by atoms with Gasteiger partial charge in [-0.05, 0) is 43.5 Å². The van der Waals surface area contributed by atoms with Gasteiger partial charge in [-0.1, -0.05) is 24.3 Å². The van der Waals surface area contributed by atoms with Crippen LogP contribution in [0.15, 0.2) is 60.0 Å². The number of piperazine rings is 1. The van der Waals surface area contributed by atoms with E-state index in [0.29, 0.717) is 31.1 Å². The number of aliphatic hydroxyl groups is 1. The highest BCUT2D eigenvalue weighted by Gasteiger charge is 2.35. The molecule has 0 saturated carbocycles. The second-order valence-electron chi connectivity index (χ2n) is 9.17. The number of para-hydroxylation sites is 4. The molecule has 2 aromatic carbocycles. The smallest absolute Gasteiger partial charge is 0.293 e. The maximum Gasteiger partial charge on any atom is 0.293 e. The Morgan fingerprint density at radius 2 is 1.57 bits per heavy atom.